The molecule has 0 saturated carbocycles. The Kier molecular flexibility index (Phi) is 5.28. The van der Waals surface area contributed by atoms with Gasteiger partial charge in [0.2, 0.25) is 0 Å². The predicted molar refractivity (Wildman–Crippen MR) is 93.9 cm³/mol. The molecule has 0 unspecified atom stereocenters. The van der Waals surface area contributed by atoms with E-state index in [-0.39, 0.29) is 6.61 Å². The van der Waals surface area contributed by atoms with Crippen LogP contribution in [0.15, 0.2) is 65.2 Å². The van der Waals surface area contributed by atoms with Gasteiger partial charge in [-0.2, -0.15) is 0 Å². The molecule has 26 heavy (non-hydrogen) atoms. The third-order valence-corrected chi connectivity index (χ3v) is 3.56. The minimum Gasteiger partial charge on any atom is -0.442 e. The maximum atomic E-state index is 12.1. The van der Waals surface area contributed by atoms with Crippen molar-refractivity contribution in [3.8, 4) is 11.1 Å². The van der Waals surface area contributed by atoms with Gasteiger partial charge in [-0.3, -0.25) is 10.2 Å². The molecule has 0 saturated heterocycles. The second-order valence-electron chi connectivity index (χ2n) is 5.53. The summed E-state index contributed by atoms with van der Waals surface area (Å²) in [5.74, 6) is 0.176. The molecule has 0 aliphatic carbocycles. The number of ether oxygens (including phenoxy) is 1. The second kappa shape index (κ2) is 7.98. The molecule has 2 amide bonds. The molecular formula is C19H17N3O4. The molecule has 1 heterocycles. The van der Waals surface area contributed by atoms with Crippen LogP contribution in [0.25, 0.3) is 11.1 Å². The van der Waals surface area contributed by atoms with Gasteiger partial charge in [0.05, 0.1) is 0 Å². The van der Waals surface area contributed by atoms with Crippen molar-refractivity contribution in [2.45, 2.75) is 13.5 Å². The first-order valence-electron chi connectivity index (χ1n) is 7.92. The van der Waals surface area contributed by atoms with Crippen LogP contribution in [0.1, 0.15) is 21.8 Å². The van der Waals surface area contributed by atoms with Gasteiger partial charge in [-0.15, -0.1) is 0 Å². The Balaban J connectivity index is 1.49. The number of nitrogens with one attached hydrogen (secondary N) is 2. The van der Waals surface area contributed by atoms with Gasteiger partial charge in [0, 0.05) is 11.6 Å². The Morgan fingerprint density at radius 1 is 1.00 bits per heavy atom. The Hall–Kier alpha value is -3.61. The third kappa shape index (κ3) is 4.47. The molecule has 7 nitrogen and oxygen atoms in total. The summed E-state index contributed by atoms with van der Waals surface area (Å²) < 4.78 is 9.78. The van der Waals surface area contributed by atoms with E-state index in [2.05, 4.69) is 16.0 Å². The van der Waals surface area contributed by atoms with E-state index in [1.807, 2.05) is 42.5 Å². The zero-order valence-corrected chi connectivity index (χ0v) is 14.1. The molecule has 0 fully saturated rings. The first-order chi connectivity index (χ1) is 12.6. The molecule has 0 spiro atoms. The van der Waals surface area contributed by atoms with Gasteiger partial charge >= 0.3 is 6.09 Å². The van der Waals surface area contributed by atoms with Crippen LogP contribution in [0.3, 0.4) is 0 Å². The first-order valence-corrected chi connectivity index (χ1v) is 7.92. The Morgan fingerprint density at radius 3 is 2.35 bits per heavy atom. The van der Waals surface area contributed by atoms with Gasteiger partial charge < -0.3 is 9.26 Å². The number of benzene rings is 2. The number of rotatable bonds is 4. The number of hydrogen-bond donors (Lipinski definition) is 2. The number of carbonyl (C=O) groups excluding carboxylic acids is 2. The number of hydrazine groups is 1. The molecule has 7 heteroatoms. The van der Waals surface area contributed by atoms with E-state index in [1.54, 1.807) is 25.1 Å². The van der Waals surface area contributed by atoms with Crippen LogP contribution < -0.4 is 10.9 Å². The van der Waals surface area contributed by atoms with Crippen molar-refractivity contribution in [3.63, 3.8) is 0 Å². The molecule has 0 atom stereocenters. The second-order valence-corrected chi connectivity index (χ2v) is 5.53. The smallest absolute Gasteiger partial charge is 0.426 e. The molecule has 2 N–H and O–H groups in total. The molecule has 0 aliphatic rings. The van der Waals surface area contributed by atoms with E-state index in [0.717, 1.165) is 11.1 Å². The van der Waals surface area contributed by atoms with E-state index in [9.17, 15) is 9.59 Å². The number of carbonyl (C=O) groups is 2. The highest BCUT2D eigenvalue weighted by Gasteiger charge is 2.09. The highest BCUT2D eigenvalue weighted by Crippen LogP contribution is 2.19. The van der Waals surface area contributed by atoms with Crippen molar-refractivity contribution in [3.05, 3.63) is 77.7 Å². The van der Waals surface area contributed by atoms with E-state index in [0.29, 0.717) is 17.0 Å². The van der Waals surface area contributed by atoms with Gasteiger partial charge in [0.25, 0.3) is 5.91 Å². The Morgan fingerprint density at radius 2 is 1.69 bits per heavy atom. The van der Waals surface area contributed by atoms with Crippen molar-refractivity contribution in [1.82, 2.24) is 16.0 Å². The predicted octanol–water partition coefficient (Wildman–Crippen LogP) is 3.22. The Bertz CT molecular complexity index is 889. The zero-order valence-electron chi connectivity index (χ0n) is 14.1. The fraction of sp³-hybridized carbons (Fsp3) is 0.105. The normalized spacial score (nSPS) is 10.2. The lowest BCUT2D eigenvalue weighted by atomic mass is 10.0. The largest absolute Gasteiger partial charge is 0.442 e. The quantitative estimate of drug-likeness (QED) is 0.704. The monoisotopic (exact) mass is 351 g/mol. The Labute approximate surface area is 149 Å². The van der Waals surface area contributed by atoms with Gasteiger partial charge in [-0.05, 0) is 30.2 Å². The average molecular weight is 351 g/mol. The van der Waals surface area contributed by atoms with E-state index in [1.165, 1.54) is 0 Å². The molecule has 1 aromatic heterocycles. The van der Waals surface area contributed by atoms with Crippen molar-refractivity contribution in [2.75, 3.05) is 0 Å². The minimum atomic E-state index is -0.792. The van der Waals surface area contributed by atoms with Gasteiger partial charge in [0.1, 0.15) is 18.1 Å². The maximum Gasteiger partial charge on any atom is 0.426 e. The molecule has 0 bridgehead atoms. The van der Waals surface area contributed by atoms with Crippen LogP contribution in [-0.2, 0) is 11.3 Å². The van der Waals surface area contributed by atoms with Crippen molar-refractivity contribution in [1.29, 1.82) is 0 Å². The molecule has 2 aromatic carbocycles. The van der Waals surface area contributed by atoms with Crippen molar-refractivity contribution in [2.24, 2.45) is 0 Å². The highest BCUT2D eigenvalue weighted by molar-refractivity contribution is 5.95. The van der Waals surface area contributed by atoms with Gasteiger partial charge in [-0.25, -0.2) is 10.2 Å². The van der Waals surface area contributed by atoms with Crippen molar-refractivity contribution >= 4 is 12.0 Å². The lowest BCUT2D eigenvalue weighted by Gasteiger charge is -2.08. The van der Waals surface area contributed by atoms with Crippen LogP contribution in [0.2, 0.25) is 0 Å². The summed E-state index contributed by atoms with van der Waals surface area (Å²) in [5, 5.41) is 3.70. The van der Waals surface area contributed by atoms with E-state index in [4.69, 9.17) is 9.26 Å². The van der Waals surface area contributed by atoms with Crippen molar-refractivity contribution < 1.29 is 18.8 Å². The lowest BCUT2D eigenvalue weighted by molar-refractivity contribution is 0.0903. The summed E-state index contributed by atoms with van der Waals surface area (Å²) in [5.41, 5.74) is 7.43. The van der Waals surface area contributed by atoms with Crippen LogP contribution >= 0.6 is 0 Å². The molecule has 0 radical (unpaired) electrons. The molecular weight excluding hydrogens is 334 g/mol. The number of nitrogens with zero attached hydrogens (tertiary/aromatic N) is 1. The molecule has 3 rings (SSSR count). The molecule has 0 aliphatic heterocycles. The number of aryl methyl sites for hydroxylation is 1. The van der Waals surface area contributed by atoms with Crippen LogP contribution in [0, 0.1) is 6.92 Å². The SMILES string of the molecule is Cc1cc(COC(=O)NNC(=O)c2ccc(-c3ccccc3)cc2)no1. The fourth-order valence-electron chi connectivity index (χ4n) is 2.29. The van der Waals surface area contributed by atoms with Crippen LogP contribution in [-0.4, -0.2) is 17.2 Å². The summed E-state index contributed by atoms with van der Waals surface area (Å²) in [4.78, 5) is 23.7. The lowest BCUT2D eigenvalue weighted by Crippen LogP contribution is -2.41. The zero-order chi connectivity index (χ0) is 18.4. The number of hydrogen-bond acceptors (Lipinski definition) is 5. The van der Waals surface area contributed by atoms with Gasteiger partial charge in [0.15, 0.2) is 0 Å². The summed E-state index contributed by atoms with van der Waals surface area (Å²) >= 11 is 0. The number of aromatic nitrogens is 1. The van der Waals surface area contributed by atoms with Gasteiger partial charge in [-0.1, -0.05) is 47.6 Å². The third-order valence-electron chi connectivity index (χ3n) is 3.56. The fourth-order valence-corrected chi connectivity index (χ4v) is 2.29. The summed E-state index contributed by atoms with van der Waals surface area (Å²) in [6.07, 6.45) is -0.792. The van der Waals surface area contributed by atoms with Crippen LogP contribution in [0.5, 0.6) is 0 Å². The number of amides is 2. The highest BCUT2D eigenvalue weighted by atomic mass is 16.6. The minimum absolute atomic E-state index is 0.0508. The van der Waals surface area contributed by atoms with Crippen LogP contribution in [0.4, 0.5) is 4.79 Å². The standard InChI is InChI=1S/C19H17N3O4/c1-13-11-17(22-26-13)12-25-19(24)21-20-18(23)16-9-7-15(8-10-16)14-5-3-2-4-6-14/h2-11H,12H2,1H3,(H,20,23)(H,21,24). The molecule has 132 valence electrons. The summed E-state index contributed by atoms with van der Waals surface area (Å²) in [6.45, 7) is 1.69. The molecule has 3 aromatic rings. The van der Waals surface area contributed by atoms with E-state index >= 15 is 0 Å². The topological polar surface area (TPSA) is 93.5 Å². The first kappa shape index (κ1) is 17.2. The average Bonchev–Trinajstić information content (AvgIpc) is 3.10. The summed E-state index contributed by atoms with van der Waals surface area (Å²) in [6, 6.07) is 18.5. The maximum absolute atomic E-state index is 12.1. The summed E-state index contributed by atoms with van der Waals surface area (Å²) in [7, 11) is 0. The van der Waals surface area contributed by atoms with E-state index < -0.39 is 12.0 Å².